The molecule has 0 aromatic heterocycles. The fourth-order valence-electron chi connectivity index (χ4n) is 3.92. The van der Waals surface area contributed by atoms with E-state index in [1.54, 1.807) is 0 Å². The summed E-state index contributed by atoms with van der Waals surface area (Å²) in [6.45, 7) is 3.11. The molecule has 0 N–H and O–H groups in total. The van der Waals surface area contributed by atoms with Crippen LogP contribution in [-0.4, -0.2) is 21.9 Å². The van der Waals surface area contributed by atoms with Crippen molar-refractivity contribution >= 4 is 0 Å². The van der Waals surface area contributed by atoms with E-state index in [2.05, 4.69) is 0 Å². The van der Waals surface area contributed by atoms with Gasteiger partial charge in [-0.25, -0.2) is 0 Å². The predicted molar refractivity (Wildman–Crippen MR) is 56.2 cm³/mol. The molecule has 0 radical (unpaired) electrons. The average Bonchev–Trinajstić information content (AvgIpc) is 2.66. The van der Waals surface area contributed by atoms with E-state index in [0.717, 1.165) is 19.3 Å². The van der Waals surface area contributed by atoms with Crippen LogP contribution in [0.15, 0.2) is 0 Å². The Bertz CT molecular complexity index is 355. The maximum absolute atomic E-state index is 11.4. The fraction of sp³-hybridized carbons (Fsp3) is 1.00. The zero-order chi connectivity index (χ0) is 12.1. The molecule has 0 saturated heterocycles. The first kappa shape index (κ1) is 11.3. The van der Waals surface area contributed by atoms with Crippen LogP contribution in [0.5, 0.6) is 0 Å². The van der Waals surface area contributed by atoms with Crippen LogP contribution in [-0.2, 0) is 0 Å². The Labute approximate surface area is 93.3 Å². The van der Waals surface area contributed by atoms with Crippen molar-refractivity contribution in [2.45, 2.75) is 38.6 Å². The minimum absolute atomic E-state index is 0.118. The smallest absolute Gasteiger partial charge is 0.264 e. The molecule has 6 nitrogen and oxygen atoms in total. The number of hydrogen-bond donors (Lipinski definition) is 0. The average molecular weight is 228 g/mol. The molecule has 2 saturated carbocycles. The molecule has 0 aliphatic heterocycles. The number of nitro groups is 2. The number of fused-ring (bicyclic) bond motifs is 2. The quantitative estimate of drug-likeness (QED) is 0.543. The number of hydrogen-bond acceptors (Lipinski definition) is 4. The summed E-state index contributed by atoms with van der Waals surface area (Å²) in [7, 11) is 0. The van der Waals surface area contributed by atoms with Crippen molar-refractivity contribution < 1.29 is 9.85 Å². The van der Waals surface area contributed by atoms with Gasteiger partial charge in [-0.2, -0.15) is 0 Å². The molecule has 2 aliphatic rings. The van der Waals surface area contributed by atoms with E-state index in [9.17, 15) is 20.2 Å². The normalized spacial score (nSPS) is 39.9. The van der Waals surface area contributed by atoms with E-state index in [1.807, 2.05) is 13.8 Å². The Morgan fingerprint density at radius 3 is 2.12 bits per heavy atom. The van der Waals surface area contributed by atoms with E-state index in [1.165, 1.54) is 0 Å². The van der Waals surface area contributed by atoms with Gasteiger partial charge in [0.15, 0.2) is 0 Å². The molecule has 2 fully saturated rings. The van der Waals surface area contributed by atoms with Gasteiger partial charge in [-0.05, 0) is 25.2 Å². The molecule has 0 aromatic rings. The summed E-state index contributed by atoms with van der Waals surface area (Å²) in [6.07, 6.45) is 2.52. The van der Waals surface area contributed by atoms with Crippen LogP contribution in [0.1, 0.15) is 33.1 Å². The van der Waals surface area contributed by atoms with Crippen molar-refractivity contribution in [1.29, 1.82) is 0 Å². The lowest BCUT2D eigenvalue weighted by Crippen LogP contribution is -2.59. The maximum atomic E-state index is 11.4. The summed E-state index contributed by atoms with van der Waals surface area (Å²) < 4.78 is 0. The lowest BCUT2D eigenvalue weighted by Gasteiger charge is -2.39. The first-order chi connectivity index (χ1) is 7.32. The molecule has 0 amide bonds. The summed E-state index contributed by atoms with van der Waals surface area (Å²) in [5.41, 5.74) is -1.91. The molecule has 2 bridgehead atoms. The largest absolute Gasteiger partial charge is 0.293 e. The van der Waals surface area contributed by atoms with Gasteiger partial charge >= 0.3 is 0 Å². The minimum Gasteiger partial charge on any atom is -0.264 e. The van der Waals surface area contributed by atoms with Crippen molar-refractivity contribution in [2.75, 3.05) is 6.54 Å². The molecular weight excluding hydrogens is 212 g/mol. The van der Waals surface area contributed by atoms with Gasteiger partial charge in [0, 0.05) is 21.2 Å². The molecule has 0 aromatic carbocycles. The summed E-state index contributed by atoms with van der Waals surface area (Å²) in [4.78, 5) is 21.2. The zero-order valence-corrected chi connectivity index (χ0v) is 9.51. The monoisotopic (exact) mass is 228 g/mol. The van der Waals surface area contributed by atoms with Gasteiger partial charge in [0.1, 0.15) is 0 Å². The van der Waals surface area contributed by atoms with Gasteiger partial charge in [-0.3, -0.25) is 20.2 Å². The second kappa shape index (κ2) is 3.15. The van der Waals surface area contributed by atoms with Crippen molar-refractivity contribution in [3.05, 3.63) is 20.2 Å². The molecule has 2 rings (SSSR count). The standard InChI is InChI=1S/C10H16N2O4/c1-9(2)7-3-4-8(5-7)10(9,12(15)16)6-11(13)14/h7-8H,3-6H2,1-2H3. The Balaban J connectivity index is 2.46. The Kier molecular flexibility index (Phi) is 2.22. The van der Waals surface area contributed by atoms with Crippen molar-refractivity contribution in [3.63, 3.8) is 0 Å². The highest BCUT2D eigenvalue weighted by Crippen LogP contribution is 2.62. The van der Waals surface area contributed by atoms with E-state index >= 15 is 0 Å². The van der Waals surface area contributed by atoms with Crippen molar-refractivity contribution in [3.8, 4) is 0 Å². The number of nitrogens with zero attached hydrogens (tertiary/aromatic N) is 2. The molecule has 90 valence electrons. The van der Waals surface area contributed by atoms with Crippen LogP contribution in [0.2, 0.25) is 0 Å². The molecule has 3 unspecified atom stereocenters. The molecule has 6 heteroatoms. The fourth-order valence-corrected chi connectivity index (χ4v) is 3.92. The van der Waals surface area contributed by atoms with Gasteiger partial charge < -0.3 is 0 Å². The third-order valence-corrected chi connectivity index (χ3v) is 4.94. The molecular formula is C10H16N2O4. The van der Waals surface area contributed by atoms with Gasteiger partial charge in [-0.15, -0.1) is 0 Å². The van der Waals surface area contributed by atoms with E-state index < -0.39 is 22.4 Å². The van der Waals surface area contributed by atoms with Crippen LogP contribution in [0.4, 0.5) is 0 Å². The molecule has 3 atom stereocenters. The summed E-state index contributed by atoms with van der Waals surface area (Å²) in [5.74, 6) is 0.149. The van der Waals surface area contributed by atoms with Crippen LogP contribution in [0, 0.1) is 37.5 Å². The highest BCUT2D eigenvalue weighted by atomic mass is 16.6. The van der Waals surface area contributed by atoms with E-state index in [-0.39, 0.29) is 16.8 Å². The molecule has 0 spiro atoms. The first-order valence-electron chi connectivity index (χ1n) is 5.58. The van der Waals surface area contributed by atoms with Crippen LogP contribution < -0.4 is 0 Å². The SMILES string of the molecule is CC1(C)C2CCC(C2)C1(C[N+](=O)[O-])[N+](=O)[O-]. The summed E-state index contributed by atoms with van der Waals surface area (Å²) in [6, 6.07) is 0. The van der Waals surface area contributed by atoms with Crippen LogP contribution in [0.25, 0.3) is 0 Å². The third-order valence-electron chi connectivity index (χ3n) is 4.94. The second-order valence-corrected chi connectivity index (χ2v) is 5.60. The Hall–Kier alpha value is -1.20. The molecule has 16 heavy (non-hydrogen) atoms. The Morgan fingerprint density at radius 1 is 1.19 bits per heavy atom. The summed E-state index contributed by atoms with van der Waals surface area (Å²) >= 11 is 0. The number of rotatable bonds is 3. The Morgan fingerprint density at radius 2 is 1.75 bits per heavy atom. The molecule has 2 aliphatic carbocycles. The highest BCUT2D eigenvalue weighted by molar-refractivity contribution is 5.12. The van der Waals surface area contributed by atoms with Crippen LogP contribution >= 0.6 is 0 Å². The predicted octanol–water partition coefficient (Wildman–Crippen LogP) is 1.73. The van der Waals surface area contributed by atoms with E-state index in [4.69, 9.17) is 0 Å². The van der Waals surface area contributed by atoms with E-state index in [0.29, 0.717) is 0 Å². The first-order valence-corrected chi connectivity index (χ1v) is 5.58. The summed E-state index contributed by atoms with van der Waals surface area (Å²) in [5, 5.41) is 22.1. The van der Waals surface area contributed by atoms with Crippen molar-refractivity contribution in [2.24, 2.45) is 17.3 Å². The highest BCUT2D eigenvalue weighted by Gasteiger charge is 2.74. The maximum Gasteiger partial charge on any atom is 0.293 e. The second-order valence-electron chi connectivity index (χ2n) is 5.60. The van der Waals surface area contributed by atoms with Crippen LogP contribution in [0.3, 0.4) is 0 Å². The zero-order valence-electron chi connectivity index (χ0n) is 9.51. The topological polar surface area (TPSA) is 86.3 Å². The van der Waals surface area contributed by atoms with Gasteiger partial charge in [-0.1, -0.05) is 13.8 Å². The van der Waals surface area contributed by atoms with Crippen molar-refractivity contribution in [1.82, 2.24) is 0 Å². The van der Waals surface area contributed by atoms with Gasteiger partial charge in [0.05, 0.1) is 0 Å². The molecule has 0 heterocycles. The lowest BCUT2D eigenvalue weighted by atomic mass is 9.63. The lowest BCUT2D eigenvalue weighted by molar-refractivity contribution is -0.650. The third kappa shape index (κ3) is 1.13. The van der Waals surface area contributed by atoms with Gasteiger partial charge in [0.2, 0.25) is 0 Å². The van der Waals surface area contributed by atoms with Gasteiger partial charge in [0.25, 0.3) is 12.1 Å². The minimum atomic E-state index is -1.35.